The van der Waals surface area contributed by atoms with E-state index in [4.69, 9.17) is 4.74 Å². The molecule has 0 fully saturated rings. The first-order valence-corrected chi connectivity index (χ1v) is 8.54. The highest BCUT2D eigenvalue weighted by molar-refractivity contribution is 9.10. The summed E-state index contributed by atoms with van der Waals surface area (Å²) in [6, 6.07) is 11.8. The van der Waals surface area contributed by atoms with Crippen molar-refractivity contribution in [3.8, 4) is 17.0 Å². The van der Waals surface area contributed by atoms with Crippen LogP contribution in [0.5, 0.6) is 5.75 Å². The van der Waals surface area contributed by atoms with E-state index < -0.39 is 5.97 Å². The minimum atomic E-state index is -0.855. The number of aromatic nitrogens is 1. The molecule has 3 rings (SSSR count). The van der Waals surface area contributed by atoms with Gasteiger partial charge in [-0.3, -0.25) is 4.79 Å². The van der Waals surface area contributed by atoms with Crippen LogP contribution in [0.4, 0.5) is 0 Å². The van der Waals surface area contributed by atoms with Crippen molar-refractivity contribution in [2.24, 2.45) is 0 Å². The smallest absolute Gasteiger partial charge is 0.307 e. The van der Waals surface area contributed by atoms with E-state index in [0.29, 0.717) is 6.61 Å². The van der Waals surface area contributed by atoms with Gasteiger partial charge >= 0.3 is 5.97 Å². The second kappa shape index (κ2) is 6.69. The van der Waals surface area contributed by atoms with Crippen molar-refractivity contribution >= 4 is 32.8 Å². The number of hydrogen-bond donors (Lipinski definition) is 2. The molecule has 3 aromatic rings. The number of halogens is 1. The molecule has 0 aliphatic heterocycles. The fourth-order valence-corrected chi connectivity index (χ4v) is 3.27. The lowest BCUT2D eigenvalue weighted by Crippen LogP contribution is -2.02. The van der Waals surface area contributed by atoms with Gasteiger partial charge in [0.2, 0.25) is 0 Å². The zero-order valence-corrected chi connectivity index (χ0v) is 15.1. The van der Waals surface area contributed by atoms with E-state index in [0.717, 1.165) is 43.5 Å². The Balaban J connectivity index is 2.29. The summed E-state index contributed by atoms with van der Waals surface area (Å²) in [6.45, 7) is 4.47. The molecule has 24 heavy (non-hydrogen) atoms. The van der Waals surface area contributed by atoms with Crippen LogP contribution >= 0.6 is 15.9 Å². The number of carboxylic acid groups (broad SMARTS) is 1. The normalized spacial score (nSPS) is 11.0. The summed E-state index contributed by atoms with van der Waals surface area (Å²) in [6.07, 6.45) is -0.0448. The van der Waals surface area contributed by atoms with Crippen molar-refractivity contribution in [1.82, 2.24) is 4.98 Å². The first-order chi connectivity index (χ1) is 11.5. The first kappa shape index (κ1) is 16.6. The minimum Gasteiger partial charge on any atom is -0.493 e. The number of carboxylic acids is 1. The number of benzene rings is 2. The van der Waals surface area contributed by atoms with Crippen LogP contribution in [0.3, 0.4) is 0 Å². The lowest BCUT2D eigenvalue weighted by molar-refractivity contribution is -0.136. The van der Waals surface area contributed by atoms with Gasteiger partial charge < -0.3 is 14.8 Å². The molecule has 2 N–H and O–H groups in total. The van der Waals surface area contributed by atoms with Crippen LogP contribution in [0.25, 0.3) is 22.2 Å². The SMILES string of the molecule is CCOc1ccc(Br)cc1-c1[nH]c2ccc(C)cc2c1CC(=O)O. The van der Waals surface area contributed by atoms with Crippen LogP contribution in [0, 0.1) is 6.92 Å². The Morgan fingerprint density at radius 2 is 2.04 bits per heavy atom. The Morgan fingerprint density at radius 1 is 1.25 bits per heavy atom. The zero-order chi connectivity index (χ0) is 17.3. The number of carbonyl (C=O) groups is 1. The van der Waals surface area contributed by atoms with E-state index in [1.54, 1.807) is 0 Å². The van der Waals surface area contributed by atoms with Crippen molar-refractivity contribution in [2.45, 2.75) is 20.3 Å². The van der Waals surface area contributed by atoms with Crippen LogP contribution in [0.2, 0.25) is 0 Å². The van der Waals surface area contributed by atoms with E-state index in [9.17, 15) is 9.90 Å². The summed E-state index contributed by atoms with van der Waals surface area (Å²) < 4.78 is 6.65. The second-order valence-electron chi connectivity index (χ2n) is 5.67. The molecule has 0 aliphatic carbocycles. The van der Waals surface area contributed by atoms with Crippen molar-refractivity contribution in [2.75, 3.05) is 6.61 Å². The van der Waals surface area contributed by atoms with E-state index in [1.165, 1.54) is 0 Å². The molecule has 0 unspecified atom stereocenters. The highest BCUT2D eigenvalue weighted by atomic mass is 79.9. The lowest BCUT2D eigenvalue weighted by Gasteiger charge is -2.11. The monoisotopic (exact) mass is 387 g/mol. The summed E-state index contributed by atoms with van der Waals surface area (Å²) in [4.78, 5) is 14.8. The molecule has 0 saturated carbocycles. The van der Waals surface area contributed by atoms with Crippen molar-refractivity contribution in [1.29, 1.82) is 0 Å². The summed E-state index contributed by atoms with van der Waals surface area (Å²) in [5, 5.41) is 10.3. The standard InChI is InChI=1S/C19H18BrNO3/c1-3-24-17-7-5-12(20)9-15(17)19-14(10-18(22)23)13-8-11(2)4-6-16(13)21-19/h4-9,21H,3,10H2,1-2H3,(H,22,23). The third-order valence-electron chi connectivity index (χ3n) is 3.90. The molecule has 1 heterocycles. The number of aromatic amines is 1. The van der Waals surface area contributed by atoms with Gasteiger partial charge in [0.05, 0.1) is 18.7 Å². The average Bonchev–Trinajstić information content (AvgIpc) is 2.87. The number of aliphatic carboxylic acids is 1. The highest BCUT2D eigenvalue weighted by Crippen LogP contribution is 2.38. The summed E-state index contributed by atoms with van der Waals surface area (Å²) >= 11 is 3.49. The fraction of sp³-hybridized carbons (Fsp3) is 0.211. The quantitative estimate of drug-likeness (QED) is 0.652. The molecule has 0 radical (unpaired) electrons. The maximum Gasteiger partial charge on any atom is 0.307 e. The Morgan fingerprint density at radius 3 is 2.75 bits per heavy atom. The molecule has 0 aliphatic rings. The third-order valence-corrected chi connectivity index (χ3v) is 4.39. The van der Waals surface area contributed by atoms with E-state index in [1.807, 2.05) is 50.2 Å². The largest absolute Gasteiger partial charge is 0.493 e. The summed E-state index contributed by atoms with van der Waals surface area (Å²) in [5.41, 5.74) is 4.45. The van der Waals surface area contributed by atoms with Gasteiger partial charge in [0.1, 0.15) is 5.75 Å². The van der Waals surface area contributed by atoms with E-state index >= 15 is 0 Å². The summed E-state index contributed by atoms with van der Waals surface area (Å²) in [7, 11) is 0. The number of ether oxygens (including phenoxy) is 1. The van der Waals surface area contributed by atoms with Gasteiger partial charge in [-0.05, 0) is 49.7 Å². The van der Waals surface area contributed by atoms with Crippen molar-refractivity contribution in [3.63, 3.8) is 0 Å². The number of fused-ring (bicyclic) bond motifs is 1. The zero-order valence-electron chi connectivity index (χ0n) is 13.5. The number of rotatable bonds is 5. The molecule has 0 saturated heterocycles. The van der Waals surface area contributed by atoms with Crippen molar-refractivity contribution in [3.05, 3.63) is 52.0 Å². The fourth-order valence-electron chi connectivity index (χ4n) is 2.91. The topological polar surface area (TPSA) is 62.3 Å². The second-order valence-corrected chi connectivity index (χ2v) is 6.59. The number of nitrogens with one attached hydrogen (secondary N) is 1. The Labute approximate surface area is 148 Å². The number of aryl methyl sites for hydroxylation is 1. The van der Waals surface area contributed by atoms with Gasteiger partial charge in [0.25, 0.3) is 0 Å². The van der Waals surface area contributed by atoms with Crippen LogP contribution < -0.4 is 4.74 Å². The molecule has 4 nitrogen and oxygen atoms in total. The molecular weight excluding hydrogens is 370 g/mol. The van der Waals surface area contributed by atoms with Gasteiger partial charge in [0.15, 0.2) is 0 Å². The van der Waals surface area contributed by atoms with E-state index in [-0.39, 0.29) is 6.42 Å². The number of H-pyrrole nitrogens is 1. The molecule has 124 valence electrons. The van der Waals surface area contributed by atoms with Crippen molar-refractivity contribution < 1.29 is 14.6 Å². The van der Waals surface area contributed by atoms with E-state index in [2.05, 4.69) is 20.9 Å². The van der Waals surface area contributed by atoms with Gasteiger partial charge in [-0.25, -0.2) is 0 Å². The molecule has 0 spiro atoms. The van der Waals surface area contributed by atoms with Gasteiger partial charge in [0, 0.05) is 20.9 Å². The van der Waals surface area contributed by atoms with Gasteiger partial charge in [-0.2, -0.15) is 0 Å². The average molecular weight is 388 g/mol. The highest BCUT2D eigenvalue weighted by Gasteiger charge is 2.19. The molecular formula is C19H18BrNO3. The minimum absolute atomic E-state index is 0.0448. The molecule has 1 aromatic heterocycles. The molecule has 0 bridgehead atoms. The third kappa shape index (κ3) is 3.17. The van der Waals surface area contributed by atoms with Gasteiger partial charge in [-0.15, -0.1) is 0 Å². The Kier molecular flexibility index (Phi) is 4.62. The van der Waals surface area contributed by atoms with Crippen LogP contribution in [-0.4, -0.2) is 22.7 Å². The molecule has 0 amide bonds. The maximum atomic E-state index is 11.4. The molecule has 0 atom stereocenters. The lowest BCUT2D eigenvalue weighted by atomic mass is 10.0. The Hall–Kier alpha value is -2.27. The van der Waals surface area contributed by atoms with Gasteiger partial charge in [-0.1, -0.05) is 27.6 Å². The number of hydrogen-bond acceptors (Lipinski definition) is 2. The van der Waals surface area contributed by atoms with Crippen LogP contribution in [-0.2, 0) is 11.2 Å². The Bertz CT molecular complexity index is 914. The molecule has 2 aromatic carbocycles. The van der Waals surface area contributed by atoms with Crippen LogP contribution in [0.15, 0.2) is 40.9 Å². The first-order valence-electron chi connectivity index (χ1n) is 7.75. The predicted molar refractivity (Wildman–Crippen MR) is 98.7 cm³/mol. The summed E-state index contributed by atoms with van der Waals surface area (Å²) in [5.74, 6) is -0.123. The predicted octanol–water partition coefficient (Wildman–Crippen LogP) is 4.93. The molecule has 5 heteroatoms. The maximum absolute atomic E-state index is 11.4. The van der Waals surface area contributed by atoms with Crippen LogP contribution in [0.1, 0.15) is 18.1 Å².